The fourth-order valence-corrected chi connectivity index (χ4v) is 6.62. The first-order chi connectivity index (χ1) is 9.58. The van der Waals surface area contributed by atoms with Gasteiger partial charge < -0.3 is 0 Å². The molecular weight excluding hydrogens is 244 g/mol. The average Bonchev–Trinajstić information content (AvgIpc) is 2.74. The third-order valence-corrected chi connectivity index (χ3v) is 7.51. The fourth-order valence-electron chi connectivity index (χ4n) is 6.62. The molecule has 4 aliphatic rings. The van der Waals surface area contributed by atoms with E-state index in [0.717, 1.165) is 42.4 Å². The number of carbonyl (C=O) groups excluding carboxylic acids is 1. The van der Waals surface area contributed by atoms with Crippen LogP contribution in [0.5, 0.6) is 0 Å². The minimum Gasteiger partial charge on any atom is -0.300 e. The van der Waals surface area contributed by atoms with E-state index >= 15 is 0 Å². The number of allylic oxidation sites excluding steroid dienone is 1. The first-order valence-corrected chi connectivity index (χ1v) is 8.78. The highest BCUT2D eigenvalue weighted by Crippen LogP contribution is 2.63. The Bertz CT molecular complexity index is 451. The number of hydrogen-bond acceptors (Lipinski definition) is 1. The Balaban J connectivity index is 1.61. The van der Waals surface area contributed by atoms with Gasteiger partial charge in [0.1, 0.15) is 5.78 Å². The van der Waals surface area contributed by atoms with Gasteiger partial charge in [-0.15, -0.1) is 0 Å². The minimum atomic E-state index is 0.538. The van der Waals surface area contributed by atoms with Crippen molar-refractivity contribution < 1.29 is 4.79 Å². The molecule has 0 aromatic rings. The number of Topliss-reactive ketones (excluding diaryl/α,β-unsaturated/α-hetero) is 1. The SMILES string of the molecule is C=C1CC[C@@]2(C)CC[C@H]3[C@@H](CCC4CC(=O)CC[C@@H]43)[C@H]12. The van der Waals surface area contributed by atoms with Crippen molar-refractivity contribution in [3.8, 4) is 0 Å². The summed E-state index contributed by atoms with van der Waals surface area (Å²) in [7, 11) is 0. The molecule has 4 fully saturated rings. The number of fused-ring (bicyclic) bond motifs is 5. The zero-order chi connectivity index (χ0) is 13.9. The van der Waals surface area contributed by atoms with Crippen LogP contribution in [0.15, 0.2) is 12.2 Å². The summed E-state index contributed by atoms with van der Waals surface area (Å²) < 4.78 is 0. The van der Waals surface area contributed by atoms with E-state index < -0.39 is 0 Å². The molecule has 20 heavy (non-hydrogen) atoms. The smallest absolute Gasteiger partial charge is 0.133 e. The fraction of sp³-hybridized carbons (Fsp3) is 0.842. The van der Waals surface area contributed by atoms with Crippen LogP contribution < -0.4 is 0 Å². The molecule has 6 atom stereocenters. The van der Waals surface area contributed by atoms with Gasteiger partial charge in [-0.1, -0.05) is 19.1 Å². The summed E-state index contributed by atoms with van der Waals surface area (Å²) in [5.74, 6) is 4.75. The quantitative estimate of drug-likeness (QED) is 0.581. The molecule has 4 saturated carbocycles. The van der Waals surface area contributed by atoms with Gasteiger partial charge in [-0.25, -0.2) is 0 Å². The Labute approximate surface area is 123 Å². The maximum absolute atomic E-state index is 11.7. The molecule has 0 radical (unpaired) electrons. The molecule has 0 amide bonds. The molecule has 1 unspecified atom stereocenters. The molecule has 1 heteroatoms. The van der Waals surface area contributed by atoms with E-state index in [9.17, 15) is 4.79 Å². The van der Waals surface area contributed by atoms with E-state index in [2.05, 4.69) is 13.5 Å². The molecule has 0 heterocycles. The zero-order valence-electron chi connectivity index (χ0n) is 12.9. The van der Waals surface area contributed by atoms with Crippen molar-refractivity contribution in [1.29, 1.82) is 0 Å². The molecule has 110 valence electrons. The summed E-state index contributed by atoms with van der Waals surface area (Å²) in [5, 5.41) is 0. The normalized spacial score (nSPS) is 51.4. The summed E-state index contributed by atoms with van der Waals surface area (Å²) >= 11 is 0. The van der Waals surface area contributed by atoms with Crippen LogP contribution in [0, 0.1) is 35.0 Å². The van der Waals surface area contributed by atoms with E-state index in [-0.39, 0.29) is 0 Å². The summed E-state index contributed by atoms with van der Waals surface area (Å²) in [6, 6.07) is 0. The van der Waals surface area contributed by atoms with Gasteiger partial charge >= 0.3 is 0 Å². The standard InChI is InChI=1S/C19H28O/c1-12-7-9-19(2)10-8-16-15-6-4-14(20)11-13(15)3-5-17(16)18(12)19/h13,15-18H,1,3-11H2,2H3/t13?,15-,16+,17+,18-,19-/m0/s1. The Morgan fingerprint density at radius 3 is 2.70 bits per heavy atom. The highest BCUT2D eigenvalue weighted by Gasteiger charge is 2.54. The molecular formula is C19H28O. The van der Waals surface area contributed by atoms with Crippen molar-refractivity contribution in [3.05, 3.63) is 12.2 Å². The first-order valence-electron chi connectivity index (χ1n) is 8.78. The predicted molar refractivity (Wildman–Crippen MR) is 81.3 cm³/mol. The van der Waals surface area contributed by atoms with Crippen LogP contribution in [0.4, 0.5) is 0 Å². The van der Waals surface area contributed by atoms with Crippen molar-refractivity contribution in [3.63, 3.8) is 0 Å². The van der Waals surface area contributed by atoms with E-state index in [1.807, 2.05) is 0 Å². The Kier molecular flexibility index (Phi) is 2.91. The van der Waals surface area contributed by atoms with Crippen molar-refractivity contribution >= 4 is 5.78 Å². The van der Waals surface area contributed by atoms with Crippen LogP contribution in [0.25, 0.3) is 0 Å². The number of ketones is 1. The van der Waals surface area contributed by atoms with Crippen molar-refractivity contribution in [2.24, 2.45) is 35.0 Å². The Hall–Kier alpha value is -0.590. The largest absolute Gasteiger partial charge is 0.300 e. The summed E-state index contributed by atoms with van der Waals surface area (Å²) in [6.45, 7) is 6.97. The van der Waals surface area contributed by atoms with Gasteiger partial charge in [0.05, 0.1) is 0 Å². The number of rotatable bonds is 0. The van der Waals surface area contributed by atoms with Gasteiger partial charge in [0.2, 0.25) is 0 Å². The maximum atomic E-state index is 11.7. The average molecular weight is 272 g/mol. The molecule has 0 N–H and O–H groups in total. The molecule has 4 rings (SSSR count). The second-order valence-electron chi connectivity index (χ2n) is 8.44. The highest BCUT2D eigenvalue weighted by molar-refractivity contribution is 5.79. The summed E-state index contributed by atoms with van der Waals surface area (Å²) in [5.41, 5.74) is 2.13. The topological polar surface area (TPSA) is 17.1 Å². The Morgan fingerprint density at radius 1 is 1.00 bits per heavy atom. The van der Waals surface area contributed by atoms with Gasteiger partial charge in [-0.2, -0.15) is 0 Å². The monoisotopic (exact) mass is 272 g/mol. The maximum Gasteiger partial charge on any atom is 0.133 e. The second-order valence-corrected chi connectivity index (χ2v) is 8.44. The molecule has 0 saturated heterocycles. The second kappa shape index (κ2) is 4.45. The predicted octanol–water partition coefficient (Wildman–Crippen LogP) is 4.76. The van der Waals surface area contributed by atoms with E-state index in [1.54, 1.807) is 5.57 Å². The van der Waals surface area contributed by atoms with Crippen LogP contribution in [-0.2, 0) is 4.79 Å². The minimum absolute atomic E-state index is 0.538. The molecule has 1 nitrogen and oxygen atoms in total. The van der Waals surface area contributed by atoms with Crippen LogP contribution in [-0.4, -0.2) is 5.78 Å². The lowest BCUT2D eigenvalue weighted by Gasteiger charge is -2.54. The molecule has 0 aromatic heterocycles. The van der Waals surface area contributed by atoms with Gasteiger partial charge in [-0.05, 0) is 80.0 Å². The molecule has 0 spiro atoms. The van der Waals surface area contributed by atoms with Crippen molar-refractivity contribution in [1.82, 2.24) is 0 Å². The van der Waals surface area contributed by atoms with Crippen molar-refractivity contribution in [2.75, 3.05) is 0 Å². The van der Waals surface area contributed by atoms with Crippen molar-refractivity contribution in [2.45, 2.75) is 64.7 Å². The molecule has 0 aromatic carbocycles. The lowest BCUT2D eigenvalue weighted by Crippen LogP contribution is -2.47. The highest BCUT2D eigenvalue weighted by atomic mass is 16.1. The summed E-state index contributed by atoms with van der Waals surface area (Å²) in [6.07, 6.45) is 11.2. The van der Waals surface area contributed by atoms with E-state index in [4.69, 9.17) is 0 Å². The van der Waals surface area contributed by atoms with E-state index in [1.165, 1.54) is 44.9 Å². The van der Waals surface area contributed by atoms with Crippen LogP contribution >= 0.6 is 0 Å². The van der Waals surface area contributed by atoms with Crippen LogP contribution in [0.1, 0.15) is 64.7 Å². The zero-order valence-corrected chi connectivity index (χ0v) is 12.9. The van der Waals surface area contributed by atoms with Gasteiger partial charge in [0.15, 0.2) is 0 Å². The van der Waals surface area contributed by atoms with Crippen LogP contribution in [0.3, 0.4) is 0 Å². The lowest BCUT2D eigenvalue weighted by molar-refractivity contribution is -0.126. The lowest BCUT2D eigenvalue weighted by atomic mass is 9.50. The summed E-state index contributed by atoms with van der Waals surface area (Å²) in [4.78, 5) is 11.7. The van der Waals surface area contributed by atoms with Gasteiger partial charge in [0, 0.05) is 12.8 Å². The Morgan fingerprint density at radius 2 is 1.85 bits per heavy atom. The third-order valence-electron chi connectivity index (χ3n) is 7.51. The van der Waals surface area contributed by atoms with Crippen LogP contribution in [0.2, 0.25) is 0 Å². The molecule has 4 aliphatic carbocycles. The number of carbonyl (C=O) groups is 1. The molecule has 0 aliphatic heterocycles. The molecule has 0 bridgehead atoms. The number of hydrogen-bond donors (Lipinski definition) is 0. The third kappa shape index (κ3) is 1.77. The van der Waals surface area contributed by atoms with Gasteiger partial charge in [-0.3, -0.25) is 4.79 Å². The van der Waals surface area contributed by atoms with Gasteiger partial charge in [0.25, 0.3) is 0 Å². The first kappa shape index (κ1) is 13.1. The van der Waals surface area contributed by atoms with E-state index in [0.29, 0.717) is 11.2 Å².